The first-order chi connectivity index (χ1) is 10.7. The summed E-state index contributed by atoms with van der Waals surface area (Å²) in [7, 11) is 0. The zero-order chi connectivity index (χ0) is 16.9. The third-order valence-corrected chi connectivity index (χ3v) is 5.28. The monoisotopic (exact) mass is 333 g/mol. The number of amides is 3. The first-order valence-electron chi connectivity index (χ1n) is 7.37. The number of rotatable bonds is 3. The molecule has 0 unspecified atom stereocenters. The smallest absolute Gasteiger partial charge is 0.325 e. The summed E-state index contributed by atoms with van der Waals surface area (Å²) in [5.41, 5.74) is 0.531. The molecule has 2 aromatic rings. The SMILES string of the molecule is Cc1cc([C@@]2(C)NC(=O)N(Cc3nc(C)c(C)s3)C2=O)c(C)o1. The maximum atomic E-state index is 12.9. The van der Waals surface area contributed by atoms with E-state index in [9.17, 15) is 9.59 Å². The Labute approximate surface area is 138 Å². The van der Waals surface area contributed by atoms with Gasteiger partial charge >= 0.3 is 6.03 Å². The molecule has 1 aliphatic heterocycles. The van der Waals surface area contributed by atoms with E-state index in [1.165, 1.54) is 16.2 Å². The molecule has 1 fully saturated rings. The van der Waals surface area contributed by atoms with E-state index in [0.717, 1.165) is 15.6 Å². The molecule has 1 atom stereocenters. The lowest BCUT2D eigenvalue weighted by Gasteiger charge is -2.20. The molecule has 6 nitrogen and oxygen atoms in total. The van der Waals surface area contributed by atoms with Crippen LogP contribution in [0.1, 0.15) is 39.6 Å². The number of carbonyl (C=O) groups is 2. The number of aryl methyl sites for hydroxylation is 4. The van der Waals surface area contributed by atoms with Gasteiger partial charge in [0.15, 0.2) is 0 Å². The van der Waals surface area contributed by atoms with Crippen LogP contribution in [0.3, 0.4) is 0 Å². The van der Waals surface area contributed by atoms with Gasteiger partial charge in [0.25, 0.3) is 5.91 Å². The van der Waals surface area contributed by atoms with Gasteiger partial charge in [-0.2, -0.15) is 0 Å². The lowest BCUT2D eigenvalue weighted by Crippen LogP contribution is -2.41. The molecule has 1 aliphatic rings. The second-order valence-corrected chi connectivity index (χ2v) is 7.31. The molecule has 0 aliphatic carbocycles. The van der Waals surface area contributed by atoms with Crippen molar-refractivity contribution in [1.29, 1.82) is 0 Å². The first kappa shape index (κ1) is 15.7. The number of furan rings is 1. The van der Waals surface area contributed by atoms with Crippen molar-refractivity contribution < 1.29 is 14.0 Å². The maximum absolute atomic E-state index is 12.9. The third kappa shape index (κ3) is 2.45. The van der Waals surface area contributed by atoms with Crippen molar-refractivity contribution >= 4 is 23.3 Å². The van der Waals surface area contributed by atoms with Gasteiger partial charge in [-0.05, 0) is 40.7 Å². The van der Waals surface area contributed by atoms with Gasteiger partial charge in [-0.25, -0.2) is 9.78 Å². The predicted molar refractivity (Wildman–Crippen MR) is 86.2 cm³/mol. The summed E-state index contributed by atoms with van der Waals surface area (Å²) in [6.45, 7) is 9.41. The molecule has 1 N–H and O–H groups in total. The number of hydrogen-bond donors (Lipinski definition) is 1. The van der Waals surface area contributed by atoms with E-state index in [0.29, 0.717) is 17.1 Å². The fourth-order valence-electron chi connectivity index (χ4n) is 2.89. The first-order valence-corrected chi connectivity index (χ1v) is 8.18. The predicted octanol–water partition coefficient (Wildman–Crippen LogP) is 2.94. The summed E-state index contributed by atoms with van der Waals surface area (Å²) in [5.74, 6) is 1.07. The van der Waals surface area contributed by atoms with Crippen molar-refractivity contribution in [3.05, 3.63) is 38.7 Å². The van der Waals surface area contributed by atoms with Gasteiger partial charge in [-0.15, -0.1) is 11.3 Å². The van der Waals surface area contributed by atoms with Gasteiger partial charge in [0.2, 0.25) is 0 Å². The second-order valence-electron chi connectivity index (χ2n) is 6.02. The van der Waals surface area contributed by atoms with Gasteiger partial charge in [0.1, 0.15) is 22.1 Å². The fourth-order valence-corrected chi connectivity index (χ4v) is 3.82. The lowest BCUT2D eigenvalue weighted by molar-refractivity contribution is -0.131. The molecule has 7 heteroatoms. The van der Waals surface area contributed by atoms with E-state index >= 15 is 0 Å². The van der Waals surface area contributed by atoms with Crippen LogP contribution in [0.5, 0.6) is 0 Å². The van der Waals surface area contributed by atoms with Crippen molar-refractivity contribution in [3.8, 4) is 0 Å². The Morgan fingerprint density at radius 2 is 2.00 bits per heavy atom. The second kappa shape index (κ2) is 5.19. The molecule has 122 valence electrons. The van der Waals surface area contributed by atoms with Crippen LogP contribution in [-0.2, 0) is 16.9 Å². The average Bonchev–Trinajstić information content (AvgIpc) is 3.03. The summed E-state index contributed by atoms with van der Waals surface area (Å²) < 4.78 is 5.52. The fraction of sp³-hybridized carbons (Fsp3) is 0.438. The summed E-state index contributed by atoms with van der Waals surface area (Å²) >= 11 is 1.50. The Balaban J connectivity index is 1.92. The van der Waals surface area contributed by atoms with E-state index in [-0.39, 0.29) is 12.5 Å². The molecule has 3 heterocycles. The molecule has 0 saturated carbocycles. The number of nitrogens with zero attached hydrogens (tertiary/aromatic N) is 2. The molecular weight excluding hydrogens is 314 g/mol. The van der Waals surface area contributed by atoms with E-state index in [4.69, 9.17) is 4.42 Å². The van der Waals surface area contributed by atoms with E-state index in [1.54, 1.807) is 19.9 Å². The van der Waals surface area contributed by atoms with Crippen molar-refractivity contribution in [2.75, 3.05) is 0 Å². The van der Waals surface area contributed by atoms with Crippen LogP contribution in [0.25, 0.3) is 0 Å². The summed E-state index contributed by atoms with van der Waals surface area (Å²) in [6.07, 6.45) is 0. The highest BCUT2D eigenvalue weighted by Crippen LogP contribution is 2.33. The molecule has 3 rings (SSSR count). The Hall–Kier alpha value is -2.15. The number of urea groups is 1. The maximum Gasteiger partial charge on any atom is 0.325 e. The van der Waals surface area contributed by atoms with Gasteiger partial charge in [-0.3, -0.25) is 9.69 Å². The van der Waals surface area contributed by atoms with E-state index < -0.39 is 11.6 Å². The minimum absolute atomic E-state index is 0.190. The molecule has 2 aromatic heterocycles. The largest absolute Gasteiger partial charge is 0.466 e. The standard InChI is InChI=1S/C16H19N3O3S/c1-8-6-12(10(3)22-8)16(5)14(20)19(15(21)18-16)7-13-17-9(2)11(4)23-13/h6H,7H2,1-5H3,(H,18,21)/t16-/m1/s1. The molecule has 1 saturated heterocycles. The van der Waals surface area contributed by atoms with Gasteiger partial charge < -0.3 is 9.73 Å². The highest BCUT2D eigenvalue weighted by Gasteiger charge is 2.50. The van der Waals surface area contributed by atoms with Gasteiger partial charge in [0, 0.05) is 10.4 Å². The van der Waals surface area contributed by atoms with Crippen LogP contribution in [0.15, 0.2) is 10.5 Å². The van der Waals surface area contributed by atoms with E-state index in [1.807, 2.05) is 20.8 Å². The van der Waals surface area contributed by atoms with Crippen LogP contribution in [0.4, 0.5) is 4.79 Å². The summed E-state index contributed by atoms with van der Waals surface area (Å²) in [5, 5.41) is 3.55. The van der Waals surface area contributed by atoms with Gasteiger partial charge in [-0.1, -0.05) is 0 Å². The number of nitrogens with one attached hydrogen (secondary N) is 1. The van der Waals surface area contributed by atoms with Gasteiger partial charge in [0.05, 0.1) is 12.2 Å². The normalized spacial score (nSPS) is 21.2. The number of thiazole rings is 1. The summed E-state index contributed by atoms with van der Waals surface area (Å²) in [4.78, 5) is 31.9. The topological polar surface area (TPSA) is 75.4 Å². The number of hydrogen-bond acceptors (Lipinski definition) is 5. The minimum Gasteiger partial charge on any atom is -0.466 e. The Morgan fingerprint density at radius 1 is 1.30 bits per heavy atom. The number of aromatic nitrogens is 1. The van der Waals surface area contributed by atoms with Crippen molar-refractivity contribution in [2.24, 2.45) is 0 Å². The van der Waals surface area contributed by atoms with Crippen LogP contribution in [0, 0.1) is 27.7 Å². The van der Waals surface area contributed by atoms with Crippen LogP contribution < -0.4 is 5.32 Å². The van der Waals surface area contributed by atoms with Crippen molar-refractivity contribution in [3.63, 3.8) is 0 Å². The molecule has 0 spiro atoms. The zero-order valence-electron chi connectivity index (χ0n) is 13.8. The number of imide groups is 1. The highest BCUT2D eigenvalue weighted by atomic mass is 32.1. The van der Waals surface area contributed by atoms with Crippen molar-refractivity contribution in [2.45, 2.75) is 46.7 Å². The Bertz CT molecular complexity index is 788. The molecular formula is C16H19N3O3S. The minimum atomic E-state index is -1.10. The number of carbonyl (C=O) groups excluding carboxylic acids is 2. The van der Waals surface area contributed by atoms with Crippen LogP contribution in [-0.4, -0.2) is 21.8 Å². The molecule has 0 aromatic carbocycles. The van der Waals surface area contributed by atoms with E-state index in [2.05, 4.69) is 10.3 Å². The van der Waals surface area contributed by atoms with Crippen LogP contribution >= 0.6 is 11.3 Å². The third-order valence-electron chi connectivity index (χ3n) is 4.22. The average molecular weight is 333 g/mol. The summed E-state index contributed by atoms with van der Waals surface area (Å²) in [6, 6.07) is 1.40. The quantitative estimate of drug-likeness (QED) is 0.876. The molecule has 3 amide bonds. The lowest BCUT2D eigenvalue weighted by atomic mass is 9.92. The Morgan fingerprint density at radius 3 is 2.52 bits per heavy atom. The molecule has 23 heavy (non-hydrogen) atoms. The van der Waals surface area contributed by atoms with Crippen molar-refractivity contribution in [1.82, 2.24) is 15.2 Å². The van der Waals surface area contributed by atoms with Crippen LogP contribution in [0.2, 0.25) is 0 Å². The molecule has 0 radical (unpaired) electrons. The molecule has 0 bridgehead atoms. The zero-order valence-corrected chi connectivity index (χ0v) is 14.6. The highest BCUT2D eigenvalue weighted by molar-refractivity contribution is 7.11. The Kier molecular flexibility index (Phi) is 3.55.